The first-order valence-corrected chi connectivity index (χ1v) is 5.19. The van der Waals surface area contributed by atoms with Crippen LogP contribution in [0.4, 0.5) is 11.8 Å². The zero-order chi connectivity index (χ0) is 12.1. The summed E-state index contributed by atoms with van der Waals surface area (Å²) in [6, 6.07) is 11.6. The maximum Gasteiger partial charge on any atom is 0.222 e. The van der Waals surface area contributed by atoms with Crippen molar-refractivity contribution < 1.29 is 0 Å². The Kier molecular flexibility index (Phi) is 3.30. The molecular formula is C12H13N5. The monoisotopic (exact) mass is 227 g/mol. The fraction of sp³-hybridized carbons (Fsp3) is 0.0833. The van der Waals surface area contributed by atoms with Crippen molar-refractivity contribution in [2.75, 3.05) is 11.2 Å². The van der Waals surface area contributed by atoms with Gasteiger partial charge in [-0.2, -0.15) is 10.1 Å². The number of nitrogens with two attached hydrogens (primary N) is 1. The third-order valence-electron chi connectivity index (χ3n) is 2.06. The van der Waals surface area contributed by atoms with Crippen LogP contribution in [-0.2, 0) is 0 Å². The van der Waals surface area contributed by atoms with Crippen molar-refractivity contribution in [1.29, 1.82) is 0 Å². The van der Waals surface area contributed by atoms with Gasteiger partial charge in [0.25, 0.3) is 0 Å². The highest BCUT2D eigenvalue weighted by Crippen LogP contribution is 2.06. The molecule has 0 saturated carbocycles. The molecule has 1 aromatic heterocycles. The van der Waals surface area contributed by atoms with Gasteiger partial charge in [0.2, 0.25) is 5.95 Å². The molecule has 1 heterocycles. The first kappa shape index (κ1) is 11.1. The lowest BCUT2D eigenvalue weighted by molar-refractivity contribution is 1.10. The smallest absolute Gasteiger partial charge is 0.222 e. The van der Waals surface area contributed by atoms with Gasteiger partial charge in [-0.3, -0.25) is 5.43 Å². The lowest BCUT2D eigenvalue weighted by atomic mass is 10.2. The molecule has 2 rings (SSSR count). The minimum Gasteiger partial charge on any atom is -0.368 e. The molecule has 1 aromatic carbocycles. The van der Waals surface area contributed by atoms with Gasteiger partial charge in [-0.15, -0.1) is 0 Å². The normalized spacial score (nSPS) is 10.6. The second kappa shape index (κ2) is 5.07. The van der Waals surface area contributed by atoms with Crippen LogP contribution in [0.15, 0.2) is 41.5 Å². The first-order valence-electron chi connectivity index (χ1n) is 5.19. The molecule has 0 fully saturated rings. The largest absolute Gasteiger partial charge is 0.368 e. The number of aryl methyl sites for hydroxylation is 1. The molecule has 5 heteroatoms. The molecule has 0 radical (unpaired) electrons. The number of rotatable bonds is 3. The van der Waals surface area contributed by atoms with Crippen molar-refractivity contribution in [2.24, 2.45) is 5.10 Å². The number of hydrogen-bond donors (Lipinski definition) is 2. The van der Waals surface area contributed by atoms with Crippen molar-refractivity contribution in [3.63, 3.8) is 0 Å². The van der Waals surface area contributed by atoms with E-state index in [2.05, 4.69) is 20.5 Å². The number of hydrogen-bond acceptors (Lipinski definition) is 5. The second-order valence-electron chi connectivity index (χ2n) is 3.53. The molecule has 0 spiro atoms. The van der Waals surface area contributed by atoms with Gasteiger partial charge in [0.15, 0.2) is 5.82 Å². The lowest BCUT2D eigenvalue weighted by Gasteiger charge is -2.01. The predicted octanol–water partition coefficient (Wildman–Crippen LogP) is 1.81. The summed E-state index contributed by atoms with van der Waals surface area (Å²) in [5.41, 5.74) is 10.2. The first-order chi connectivity index (χ1) is 8.24. The Labute approximate surface area is 99.4 Å². The summed E-state index contributed by atoms with van der Waals surface area (Å²) < 4.78 is 0. The number of nitrogen functional groups attached to an aromatic ring is 1. The fourth-order valence-corrected chi connectivity index (χ4v) is 1.36. The van der Waals surface area contributed by atoms with E-state index in [0.29, 0.717) is 5.82 Å². The van der Waals surface area contributed by atoms with Crippen molar-refractivity contribution in [2.45, 2.75) is 6.92 Å². The van der Waals surface area contributed by atoms with Crippen LogP contribution < -0.4 is 11.2 Å². The number of hydrazone groups is 1. The average molecular weight is 227 g/mol. The maximum absolute atomic E-state index is 5.53. The van der Waals surface area contributed by atoms with Crippen LogP contribution in [-0.4, -0.2) is 16.2 Å². The summed E-state index contributed by atoms with van der Waals surface area (Å²) in [7, 11) is 0. The summed E-state index contributed by atoms with van der Waals surface area (Å²) >= 11 is 0. The molecule has 17 heavy (non-hydrogen) atoms. The highest BCUT2D eigenvalue weighted by atomic mass is 15.3. The van der Waals surface area contributed by atoms with Gasteiger partial charge in [-0.05, 0) is 12.5 Å². The van der Waals surface area contributed by atoms with Crippen molar-refractivity contribution in [3.8, 4) is 0 Å². The van der Waals surface area contributed by atoms with Gasteiger partial charge in [0, 0.05) is 11.8 Å². The summed E-state index contributed by atoms with van der Waals surface area (Å²) in [5.74, 6) is 0.824. The number of aromatic nitrogens is 2. The summed E-state index contributed by atoms with van der Waals surface area (Å²) in [6.07, 6.45) is 1.72. The van der Waals surface area contributed by atoms with Crippen LogP contribution in [0, 0.1) is 6.92 Å². The zero-order valence-electron chi connectivity index (χ0n) is 9.46. The van der Waals surface area contributed by atoms with Gasteiger partial charge in [0.05, 0.1) is 6.21 Å². The highest BCUT2D eigenvalue weighted by Gasteiger charge is 1.96. The summed E-state index contributed by atoms with van der Waals surface area (Å²) in [4.78, 5) is 7.98. The maximum atomic E-state index is 5.53. The standard InChI is InChI=1S/C12H13N5/c1-9-7-11(16-12(13)15-9)17-14-8-10-5-3-2-4-6-10/h2-8H,1H3,(H3,13,15,16,17). The van der Waals surface area contributed by atoms with Crippen molar-refractivity contribution in [3.05, 3.63) is 47.7 Å². The Bertz CT molecular complexity index is 501. The minimum atomic E-state index is 0.238. The Morgan fingerprint density at radius 1 is 1.24 bits per heavy atom. The van der Waals surface area contributed by atoms with Crippen LogP contribution in [0.2, 0.25) is 0 Å². The van der Waals surface area contributed by atoms with Crippen LogP contribution in [0.1, 0.15) is 11.3 Å². The number of nitrogens with one attached hydrogen (secondary N) is 1. The van der Waals surface area contributed by atoms with E-state index in [0.717, 1.165) is 11.3 Å². The fourth-order valence-electron chi connectivity index (χ4n) is 1.36. The zero-order valence-corrected chi connectivity index (χ0v) is 9.46. The van der Waals surface area contributed by atoms with E-state index in [1.54, 1.807) is 12.3 Å². The van der Waals surface area contributed by atoms with E-state index in [1.165, 1.54) is 0 Å². The Hall–Kier alpha value is -2.43. The molecule has 0 aliphatic rings. The van der Waals surface area contributed by atoms with Crippen LogP contribution >= 0.6 is 0 Å². The van der Waals surface area contributed by atoms with E-state index >= 15 is 0 Å². The average Bonchev–Trinajstić information content (AvgIpc) is 2.29. The summed E-state index contributed by atoms with van der Waals surface area (Å²) in [5, 5.41) is 4.07. The molecule has 5 nitrogen and oxygen atoms in total. The quantitative estimate of drug-likeness (QED) is 0.619. The highest BCUT2D eigenvalue weighted by molar-refractivity contribution is 5.79. The van der Waals surface area contributed by atoms with Crippen molar-refractivity contribution in [1.82, 2.24) is 9.97 Å². The number of anilines is 2. The molecule has 0 bridgehead atoms. The van der Waals surface area contributed by atoms with Crippen LogP contribution in [0.3, 0.4) is 0 Å². The topological polar surface area (TPSA) is 76.2 Å². The van der Waals surface area contributed by atoms with Crippen LogP contribution in [0.25, 0.3) is 0 Å². The number of nitrogens with zero attached hydrogens (tertiary/aromatic N) is 3. The van der Waals surface area contributed by atoms with Gasteiger partial charge in [-0.25, -0.2) is 4.98 Å². The van der Waals surface area contributed by atoms with Gasteiger partial charge in [-0.1, -0.05) is 30.3 Å². The third kappa shape index (κ3) is 3.27. The van der Waals surface area contributed by atoms with Gasteiger partial charge >= 0.3 is 0 Å². The molecule has 0 aliphatic heterocycles. The van der Waals surface area contributed by atoms with Crippen molar-refractivity contribution >= 4 is 18.0 Å². The molecule has 0 atom stereocenters. The molecule has 0 amide bonds. The van der Waals surface area contributed by atoms with Crippen LogP contribution in [0.5, 0.6) is 0 Å². The molecule has 2 aromatic rings. The van der Waals surface area contributed by atoms with E-state index in [9.17, 15) is 0 Å². The summed E-state index contributed by atoms with van der Waals surface area (Å²) in [6.45, 7) is 1.85. The minimum absolute atomic E-state index is 0.238. The molecule has 3 N–H and O–H groups in total. The lowest BCUT2D eigenvalue weighted by Crippen LogP contribution is -2.01. The molecular weight excluding hydrogens is 214 g/mol. The predicted molar refractivity (Wildman–Crippen MR) is 68.8 cm³/mol. The third-order valence-corrected chi connectivity index (χ3v) is 2.06. The SMILES string of the molecule is Cc1cc(NN=Cc2ccccc2)nc(N)n1. The van der Waals surface area contributed by atoms with Gasteiger partial charge in [0.1, 0.15) is 0 Å². The Balaban J connectivity index is 2.05. The van der Waals surface area contributed by atoms with E-state index in [-0.39, 0.29) is 5.95 Å². The second-order valence-corrected chi connectivity index (χ2v) is 3.53. The Morgan fingerprint density at radius 2 is 2.00 bits per heavy atom. The molecule has 0 aliphatic carbocycles. The molecule has 0 saturated heterocycles. The number of benzene rings is 1. The molecule has 0 unspecified atom stereocenters. The van der Waals surface area contributed by atoms with E-state index in [4.69, 9.17) is 5.73 Å². The Morgan fingerprint density at radius 3 is 2.71 bits per heavy atom. The van der Waals surface area contributed by atoms with E-state index in [1.807, 2.05) is 37.3 Å². The van der Waals surface area contributed by atoms with E-state index < -0.39 is 0 Å². The van der Waals surface area contributed by atoms with Gasteiger partial charge < -0.3 is 5.73 Å². The molecule has 86 valence electrons.